The molecule has 0 radical (unpaired) electrons. The van der Waals surface area contributed by atoms with Gasteiger partial charge in [-0.3, -0.25) is 0 Å². The van der Waals surface area contributed by atoms with Crippen molar-refractivity contribution < 1.29 is 0 Å². The fourth-order valence-electron chi connectivity index (χ4n) is 3.02. The molecular formula is C15H27BrN2. The van der Waals surface area contributed by atoms with Crippen molar-refractivity contribution in [3.8, 4) is 6.07 Å². The summed E-state index contributed by atoms with van der Waals surface area (Å²) in [6, 6.07) is 2.36. The third kappa shape index (κ3) is 4.90. The molecule has 0 bridgehead atoms. The Hall–Kier alpha value is -0.0700. The van der Waals surface area contributed by atoms with Gasteiger partial charge in [-0.1, -0.05) is 48.5 Å². The minimum Gasteiger partial charge on any atom is -0.302 e. The number of alkyl halides is 1. The van der Waals surface area contributed by atoms with Crippen LogP contribution in [0.25, 0.3) is 0 Å². The van der Waals surface area contributed by atoms with Crippen LogP contribution in [0.15, 0.2) is 0 Å². The average Bonchev–Trinajstić information content (AvgIpc) is 2.64. The normalized spacial score (nSPS) is 21.3. The van der Waals surface area contributed by atoms with E-state index in [0.29, 0.717) is 5.41 Å². The van der Waals surface area contributed by atoms with Crippen molar-refractivity contribution in [2.75, 3.05) is 25.0 Å². The first-order valence-electron chi connectivity index (χ1n) is 7.34. The van der Waals surface area contributed by atoms with Crippen molar-refractivity contribution in [2.45, 2.75) is 52.4 Å². The predicted molar refractivity (Wildman–Crippen MR) is 80.8 cm³/mol. The zero-order chi connectivity index (χ0) is 13.4. The lowest BCUT2D eigenvalue weighted by Crippen LogP contribution is -2.40. The Morgan fingerprint density at radius 2 is 1.89 bits per heavy atom. The SMILES string of the molecule is CCN(CC(C)C#N)CC1(CBr)CCCCCC1. The van der Waals surface area contributed by atoms with Gasteiger partial charge in [0.05, 0.1) is 12.0 Å². The van der Waals surface area contributed by atoms with Gasteiger partial charge < -0.3 is 4.90 Å². The molecule has 0 aliphatic heterocycles. The van der Waals surface area contributed by atoms with E-state index in [2.05, 4.69) is 33.8 Å². The van der Waals surface area contributed by atoms with E-state index < -0.39 is 0 Å². The van der Waals surface area contributed by atoms with Crippen LogP contribution in [-0.4, -0.2) is 29.9 Å². The second-order valence-corrected chi connectivity index (χ2v) is 6.47. The van der Waals surface area contributed by atoms with Crippen molar-refractivity contribution in [2.24, 2.45) is 11.3 Å². The van der Waals surface area contributed by atoms with Crippen LogP contribution >= 0.6 is 15.9 Å². The van der Waals surface area contributed by atoms with Crippen LogP contribution in [0.5, 0.6) is 0 Å². The van der Waals surface area contributed by atoms with E-state index in [0.717, 1.165) is 25.0 Å². The van der Waals surface area contributed by atoms with Gasteiger partial charge in [0.2, 0.25) is 0 Å². The molecule has 18 heavy (non-hydrogen) atoms. The molecule has 0 saturated heterocycles. The molecule has 2 nitrogen and oxygen atoms in total. The lowest BCUT2D eigenvalue weighted by molar-refractivity contribution is 0.149. The smallest absolute Gasteiger partial charge is 0.0666 e. The summed E-state index contributed by atoms with van der Waals surface area (Å²) in [5, 5.41) is 10.1. The van der Waals surface area contributed by atoms with Crippen molar-refractivity contribution in [3.05, 3.63) is 0 Å². The molecule has 1 aliphatic carbocycles. The molecular weight excluding hydrogens is 288 g/mol. The van der Waals surface area contributed by atoms with Gasteiger partial charge in [-0.15, -0.1) is 0 Å². The highest BCUT2D eigenvalue weighted by Crippen LogP contribution is 2.37. The van der Waals surface area contributed by atoms with Crippen molar-refractivity contribution in [1.82, 2.24) is 4.90 Å². The first-order chi connectivity index (χ1) is 8.65. The number of nitriles is 1. The summed E-state index contributed by atoms with van der Waals surface area (Å²) in [5.41, 5.74) is 0.446. The Balaban J connectivity index is 2.60. The maximum atomic E-state index is 8.97. The summed E-state index contributed by atoms with van der Waals surface area (Å²) in [4.78, 5) is 2.47. The molecule has 0 aromatic rings. The van der Waals surface area contributed by atoms with Gasteiger partial charge in [-0.25, -0.2) is 0 Å². The topological polar surface area (TPSA) is 27.0 Å². The third-order valence-corrected chi connectivity index (χ3v) is 5.40. The molecule has 0 aromatic heterocycles. The van der Waals surface area contributed by atoms with E-state index in [9.17, 15) is 0 Å². The Labute approximate surface area is 121 Å². The second kappa shape index (κ2) is 8.17. The van der Waals surface area contributed by atoms with E-state index in [1.54, 1.807) is 0 Å². The number of nitrogens with zero attached hydrogens (tertiary/aromatic N) is 2. The molecule has 104 valence electrons. The minimum absolute atomic E-state index is 0.142. The standard InChI is InChI=1S/C15H27BrN2/c1-3-18(11-14(2)10-17)13-15(12-16)8-6-4-5-7-9-15/h14H,3-9,11-13H2,1-2H3. The Bertz CT molecular complexity index is 264. The van der Waals surface area contributed by atoms with Crippen LogP contribution in [0.3, 0.4) is 0 Å². The zero-order valence-electron chi connectivity index (χ0n) is 11.9. The van der Waals surface area contributed by atoms with Crippen LogP contribution < -0.4 is 0 Å². The maximum Gasteiger partial charge on any atom is 0.0666 e. The van der Waals surface area contributed by atoms with Crippen LogP contribution in [0.2, 0.25) is 0 Å². The van der Waals surface area contributed by atoms with Crippen LogP contribution in [-0.2, 0) is 0 Å². The lowest BCUT2D eigenvalue weighted by atomic mass is 9.82. The van der Waals surface area contributed by atoms with Gasteiger partial charge in [0, 0.05) is 18.4 Å². The molecule has 1 fully saturated rings. The molecule has 0 heterocycles. The van der Waals surface area contributed by atoms with E-state index in [1.165, 1.54) is 38.5 Å². The molecule has 0 N–H and O–H groups in total. The van der Waals surface area contributed by atoms with Gasteiger partial charge in [-0.2, -0.15) is 5.26 Å². The van der Waals surface area contributed by atoms with Crippen molar-refractivity contribution in [3.63, 3.8) is 0 Å². The third-order valence-electron chi connectivity index (χ3n) is 4.21. The minimum atomic E-state index is 0.142. The predicted octanol–water partition coefficient (Wildman–Crippen LogP) is 4.20. The summed E-state index contributed by atoms with van der Waals surface area (Å²) in [6.07, 6.45) is 8.23. The number of halogens is 1. The molecule has 1 atom stereocenters. The van der Waals surface area contributed by atoms with Crippen LogP contribution in [0, 0.1) is 22.7 Å². The van der Waals surface area contributed by atoms with E-state index in [1.807, 2.05) is 6.92 Å². The van der Waals surface area contributed by atoms with Crippen LogP contribution in [0.4, 0.5) is 0 Å². The zero-order valence-corrected chi connectivity index (χ0v) is 13.5. The summed E-state index contributed by atoms with van der Waals surface area (Å²) < 4.78 is 0. The van der Waals surface area contributed by atoms with Gasteiger partial charge in [0.1, 0.15) is 0 Å². The molecule has 1 rings (SSSR count). The van der Waals surface area contributed by atoms with Crippen LogP contribution in [0.1, 0.15) is 52.4 Å². The molecule has 0 spiro atoms. The van der Waals surface area contributed by atoms with Gasteiger partial charge in [0.15, 0.2) is 0 Å². The molecule has 1 aliphatic rings. The molecule has 1 saturated carbocycles. The number of hydrogen-bond acceptors (Lipinski definition) is 2. The van der Waals surface area contributed by atoms with Gasteiger partial charge in [0.25, 0.3) is 0 Å². The fraction of sp³-hybridized carbons (Fsp3) is 0.933. The Morgan fingerprint density at radius 1 is 1.28 bits per heavy atom. The van der Waals surface area contributed by atoms with Crippen molar-refractivity contribution >= 4 is 15.9 Å². The second-order valence-electron chi connectivity index (χ2n) is 5.91. The molecule has 0 aromatic carbocycles. The Kier molecular flexibility index (Phi) is 7.26. The lowest BCUT2D eigenvalue weighted by Gasteiger charge is -2.36. The highest BCUT2D eigenvalue weighted by atomic mass is 79.9. The summed E-state index contributed by atoms with van der Waals surface area (Å²) in [5.74, 6) is 0.142. The van der Waals surface area contributed by atoms with E-state index >= 15 is 0 Å². The quantitative estimate of drug-likeness (QED) is 0.542. The molecule has 1 unspecified atom stereocenters. The van der Waals surface area contributed by atoms with E-state index in [4.69, 9.17) is 5.26 Å². The average molecular weight is 315 g/mol. The Morgan fingerprint density at radius 3 is 2.33 bits per heavy atom. The van der Waals surface area contributed by atoms with Gasteiger partial charge >= 0.3 is 0 Å². The summed E-state index contributed by atoms with van der Waals surface area (Å²) >= 11 is 3.75. The highest BCUT2D eigenvalue weighted by molar-refractivity contribution is 9.09. The highest BCUT2D eigenvalue weighted by Gasteiger charge is 2.31. The number of hydrogen-bond donors (Lipinski definition) is 0. The molecule has 3 heteroatoms. The first-order valence-corrected chi connectivity index (χ1v) is 8.46. The molecule has 0 amide bonds. The largest absolute Gasteiger partial charge is 0.302 e. The number of rotatable bonds is 6. The summed E-state index contributed by atoms with van der Waals surface area (Å²) in [7, 11) is 0. The van der Waals surface area contributed by atoms with Crippen molar-refractivity contribution in [1.29, 1.82) is 5.26 Å². The first kappa shape index (κ1) is 16.0. The van der Waals surface area contributed by atoms with E-state index in [-0.39, 0.29) is 5.92 Å². The monoisotopic (exact) mass is 314 g/mol. The summed E-state index contributed by atoms with van der Waals surface area (Å²) in [6.45, 7) is 7.36. The van der Waals surface area contributed by atoms with Gasteiger partial charge in [-0.05, 0) is 31.7 Å². The fourth-order valence-corrected chi connectivity index (χ4v) is 3.76. The maximum absolute atomic E-state index is 8.97.